The lowest BCUT2D eigenvalue weighted by Crippen LogP contribution is -2.65. The van der Waals surface area contributed by atoms with Crippen LogP contribution in [0, 0.1) is 11.8 Å². The Morgan fingerprint density at radius 2 is 1.69 bits per heavy atom. The Labute approximate surface area is 289 Å². The number of nitrogens with zero attached hydrogens (tertiary/aromatic N) is 1. The lowest BCUT2D eigenvalue weighted by atomic mass is 9.82. The maximum absolute atomic E-state index is 12.8. The van der Waals surface area contributed by atoms with E-state index in [9.17, 15) is 35.1 Å². The molecular formula is C35H59NO13. The minimum absolute atomic E-state index is 0.0164. The fraction of sp³-hybridized carbons (Fsp3) is 0.829. The largest absolute Gasteiger partial charge is 0.462 e. The van der Waals surface area contributed by atoms with Gasteiger partial charge in [0.05, 0.1) is 48.6 Å². The number of hydrogen-bond donors (Lipinski definition) is 5. The lowest BCUT2D eigenvalue weighted by molar-refractivity contribution is -0.344. The van der Waals surface area contributed by atoms with Gasteiger partial charge in [-0.2, -0.15) is 0 Å². The molecule has 0 spiro atoms. The summed E-state index contributed by atoms with van der Waals surface area (Å²) in [5.74, 6) is -1.64. The molecule has 0 radical (unpaired) electrons. The van der Waals surface area contributed by atoms with E-state index in [1.807, 2.05) is 13.0 Å². The molecule has 2 fully saturated rings. The van der Waals surface area contributed by atoms with Crippen molar-refractivity contribution in [1.29, 1.82) is 0 Å². The first kappa shape index (κ1) is 41.6. The third-order valence-electron chi connectivity index (χ3n) is 9.83. The summed E-state index contributed by atoms with van der Waals surface area (Å²) in [6.45, 7) is 8.44. The molecule has 16 atom stereocenters. The van der Waals surface area contributed by atoms with Crippen LogP contribution in [0.1, 0.15) is 66.7 Å². The molecule has 2 saturated heterocycles. The first-order chi connectivity index (χ1) is 23.0. The van der Waals surface area contributed by atoms with Crippen LogP contribution < -0.4 is 0 Å². The monoisotopic (exact) mass is 701 g/mol. The molecule has 3 aliphatic heterocycles. The molecule has 3 heterocycles. The van der Waals surface area contributed by atoms with Crippen LogP contribution in [0.4, 0.5) is 0 Å². The molecule has 0 saturated carbocycles. The average Bonchev–Trinajstić information content (AvgIpc) is 3.00. The predicted molar refractivity (Wildman–Crippen MR) is 177 cm³/mol. The smallest absolute Gasteiger partial charge is 0.308 e. The summed E-state index contributed by atoms with van der Waals surface area (Å²) in [7, 11) is 4.86. The number of hydrogen-bond acceptors (Lipinski definition) is 14. The van der Waals surface area contributed by atoms with Crippen LogP contribution in [0.2, 0.25) is 0 Å². The van der Waals surface area contributed by atoms with Gasteiger partial charge in [0.15, 0.2) is 12.6 Å². The number of aldehydes is 1. The number of aliphatic hydroxyl groups excluding tert-OH is 4. The number of ether oxygens (including phenoxy) is 6. The molecule has 0 aromatic rings. The summed E-state index contributed by atoms with van der Waals surface area (Å²) in [6.07, 6.45) is -4.00. The average molecular weight is 702 g/mol. The van der Waals surface area contributed by atoms with Gasteiger partial charge in [0, 0.05) is 26.4 Å². The molecule has 0 aromatic heterocycles. The van der Waals surface area contributed by atoms with Crippen molar-refractivity contribution in [3.05, 3.63) is 24.3 Å². The predicted octanol–water partition coefficient (Wildman–Crippen LogP) is 0.846. The number of carbonyl (C=O) groups excluding carboxylic acids is 2. The maximum Gasteiger partial charge on any atom is 0.308 e. The van der Waals surface area contributed by atoms with E-state index in [-0.39, 0.29) is 25.2 Å². The number of rotatable bonds is 8. The summed E-state index contributed by atoms with van der Waals surface area (Å²) in [5.41, 5.74) is -1.46. The van der Waals surface area contributed by atoms with Gasteiger partial charge in [-0.3, -0.25) is 4.79 Å². The summed E-state index contributed by atoms with van der Waals surface area (Å²) in [5, 5.41) is 55.2. The van der Waals surface area contributed by atoms with Gasteiger partial charge in [-0.15, -0.1) is 0 Å². The fourth-order valence-electron chi connectivity index (χ4n) is 7.04. The number of likely N-dealkylation sites (N-methyl/N-ethyl adjacent to an activating group) is 1. The zero-order chi connectivity index (χ0) is 36.6. The number of methoxy groups -OCH3 is 1. The SMILES string of the molecule is CO[C@@H]1[C@@H](O[C@@H]2O[C@H](C)[C@@H](O[C@H]3C[C@@](C)(O)[C@@H](O)[C@H](C)O3)[C@H](N(C)C)[C@H]2O)[C@@H](CC=O)C[C@@H](C)[C@@H](O)C=CC=CC[C@@H](C)OC(=O)C[C@H]1O. The third kappa shape index (κ3) is 11.1. The highest BCUT2D eigenvalue weighted by molar-refractivity contribution is 5.70. The van der Waals surface area contributed by atoms with Gasteiger partial charge in [0.2, 0.25) is 0 Å². The Kier molecular flexibility index (Phi) is 15.8. The van der Waals surface area contributed by atoms with E-state index in [1.54, 1.807) is 58.0 Å². The topological polar surface area (TPSA) is 194 Å². The minimum Gasteiger partial charge on any atom is -0.462 e. The molecule has 14 nitrogen and oxygen atoms in total. The highest BCUT2D eigenvalue weighted by Crippen LogP contribution is 2.36. The van der Waals surface area contributed by atoms with Crippen molar-refractivity contribution >= 4 is 12.3 Å². The second-order valence-corrected chi connectivity index (χ2v) is 14.3. The Hall–Kier alpha value is -1.82. The van der Waals surface area contributed by atoms with E-state index in [0.717, 1.165) is 6.29 Å². The standard InChI is InChI=1S/C35H59NO13/c1-19-16-23(14-15-37)31(32(44-8)25(39)17-26(40)45-20(2)12-10-9-11-13-24(19)38)49-34-29(41)28(36(6)7)30(21(3)47-34)48-27-18-35(5,43)33(42)22(4)46-27/h9-11,13,15,19-25,27-34,38-39,41-43H,12,14,16-18H2,1-8H3/t19-,20-,21-,22+,23+,24+,25-,27+,28-,29-,30-,31+,32+,33+,34+,35-/m1/s1. The number of cyclic esters (lactones) is 1. The molecule has 14 heteroatoms. The Bertz CT molecular complexity index is 1100. The quantitative estimate of drug-likeness (QED) is 0.177. The van der Waals surface area contributed by atoms with Crippen molar-refractivity contribution in [2.45, 2.75) is 152 Å². The molecule has 282 valence electrons. The Morgan fingerprint density at radius 3 is 2.31 bits per heavy atom. The summed E-state index contributed by atoms with van der Waals surface area (Å²) < 4.78 is 36.1. The minimum atomic E-state index is -1.46. The van der Waals surface area contributed by atoms with Crippen LogP contribution in [-0.4, -0.2) is 149 Å². The molecule has 0 amide bonds. The zero-order valence-corrected chi connectivity index (χ0v) is 30.0. The van der Waals surface area contributed by atoms with E-state index in [0.29, 0.717) is 6.42 Å². The van der Waals surface area contributed by atoms with Crippen LogP contribution in [0.5, 0.6) is 0 Å². The zero-order valence-electron chi connectivity index (χ0n) is 30.0. The molecule has 3 rings (SSSR count). The van der Waals surface area contributed by atoms with Gasteiger partial charge in [-0.25, -0.2) is 0 Å². The van der Waals surface area contributed by atoms with Gasteiger partial charge in [-0.05, 0) is 60.0 Å². The molecule has 0 unspecified atom stereocenters. The van der Waals surface area contributed by atoms with E-state index in [2.05, 4.69) is 0 Å². The van der Waals surface area contributed by atoms with Crippen molar-refractivity contribution in [2.75, 3.05) is 21.2 Å². The van der Waals surface area contributed by atoms with Crippen molar-refractivity contribution in [1.82, 2.24) is 4.90 Å². The Balaban J connectivity index is 1.94. The molecule has 49 heavy (non-hydrogen) atoms. The van der Waals surface area contributed by atoms with Crippen LogP contribution in [-0.2, 0) is 38.0 Å². The number of allylic oxidation sites excluding steroid dienone is 2. The Morgan fingerprint density at radius 1 is 1.00 bits per heavy atom. The van der Waals surface area contributed by atoms with Crippen molar-refractivity contribution in [3.8, 4) is 0 Å². The van der Waals surface area contributed by atoms with Crippen molar-refractivity contribution in [3.63, 3.8) is 0 Å². The summed E-state index contributed by atoms with van der Waals surface area (Å²) in [6, 6.07) is -0.721. The van der Waals surface area contributed by atoms with Crippen LogP contribution in [0.15, 0.2) is 24.3 Å². The van der Waals surface area contributed by atoms with Crippen molar-refractivity contribution in [2.24, 2.45) is 11.8 Å². The fourth-order valence-corrected chi connectivity index (χ4v) is 7.04. The van der Waals surface area contributed by atoms with Gasteiger partial charge in [0.25, 0.3) is 0 Å². The van der Waals surface area contributed by atoms with Crippen molar-refractivity contribution < 1.29 is 63.5 Å². The maximum atomic E-state index is 12.8. The third-order valence-corrected chi connectivity index (χ3v) is 9.83. The molecule has 3 aliphatic rings. The highest BCUT2D eigenvalue weighted by atomic mass is 16.7. The second-order valence-electron chi connectivity index (χ2n) is 14.3. The van der Waals surface area contributed by atoms with Gasteiger partial charge in [-0.1, -0.05) is 31.2 Å². The number of aliphatic hydroxyl groups is 5. The van der Waals surface area contributed by atoms with Gasteiger partial charge < -0.3 is 63.6 Å². The van der Waals surface area contributed by atoms with E-state index in [1.165, 1.54) is 14.0 Å². The van der Waals surface area contributed by atoms with E-state index >= 15 is 0 Å². The second kappa shape index (κ2) is 18.6. The van der Waals surface area contributed by atoms with Gasteiger partial charge >= 0.3 is 5.97 Å². The van der Waals surface area contributed by atoms with Crippen LogP contribution >= 0.6 is 0 Å². The summed E-state index contributed by atoms with van der Waals surface area (Å²) in [4.78, 5) is 26.6. The van der Waals surface area contributed by atoms with Crippen LogP contribution in [0.25, 0.3) is 0 Å². The molecule has 0 bridgehead atoms. The first-order valence-corrected chi connectivity index (χ1v) is 17.2. The molecule has 0 aliphatic carbocycles. The normalized spacial score (nSPS) is 44.9. The highest BCUT2D eigenvalue weighted by Gasteiger charge is 2.51. The first-order valence-electron chi connectivity index (χ1n) is 17.2. The van der Waals surface area contributed by atoms with E-state index in [4.69, 9.17) is 28.4 Å². The number of carbonyl (C=O) groups is 2. The number of esters is 1. The van der Waals surface area contributed by atoms with Crippen LogP contribution in [0.3, 0.4) is 0 Å². The summed E-state index contributed by atoms with van der Waals surface area (Å²) >= 11 is 0. The molecule has 5 N–H and O–H groups in total. The molecular weight excluding hydrogens is 642 g/mol. The van der Waals surface area contributed by atoms with Gasteiger partial charge in [0.1, 0.15) is 36.8 Å². The van der Waals surface area contributed by atoms with E-state index < -0.39 is 104 Å². The molecule has 0 aromatic carbocycles. The lowest BCUT2D eigenvalue weighted by Gasteiger charge is -2.50.